The molecule has 0 radical (unpaired) electrons. The lowest BCUT2D eigenvalue weighted by atomic mass is 10.0. The fraction of sp³-hybridized carbons (Fsp3) is 0.850. The second-order valence-corrected chi connectivity index (χ2v) is 8.11. The van der Waals surface area contributed by atoms with Crippen molar-refractivity contribution in [1.29, 1.82) is 0 Å². The average Bonchev–Trinajstić information content (AvgIpc) is 2.74. The third-order valence-corrected chi connectivity index (χ3v) is 5.19. The number of nitrogens with one attached hydrogen (secondary N) is 2. The molecule has 1 rings (SSSR count). The van der Waals surface area contributed by atoms with Crippen molar-refractivity contribution >= 4 is 17.7 Å². The van der Waals surface area contributed by atoms with E-state index in [0.29, 0.717) is 26.0 Å². The first-order valence-corrected chi connectivity index (χ1v) is 11.0. The fourth-order valence-electron chi connectivity index (χ4n) is 3.12. The zero-order valence-corrected chi connectivity index (χ0v) is 18.7. The van der Waals surface area contributed by atoms with Gasteiger partial charge in [0, 0.05) is 19.6 Å². The highest BCUT2D eigenvalue weighted by molar-refractivity contribution is 5.89. The molecular formula is C20H38N4O8. The third-order valence-electron chi connectivity index (χ3n) is 5.19. The van der Waals surface area contributed by atoms with Gasteiger partial charge >= 0.3 is 0 Å². The van der Waals surface area contributed by atoms with E-state index in [1.54, 1.807) is 6.92 Å². The molecule has 0 aliphatic carbocycles. The Balaban J connectivity index is 2.23. The summed E-state index contributed by atoms with van der Waals surface area (Å²) in [6.07, 6.45) is -2.42. The van der Waals surface area contributed by atoms with Crippen LogP contribution in [0.1, 0.15) is 52.4 Å². The summed E-state index contributed by atoms with van der Waals surface area (Å²) in [5.41, 5.74) is 10.6. The van der Waals surface area contributed by atoms with Gasteiger partial charge in [-0.3, -0.25) is 14.4 Å². The predicted molar refractivity (Wildman–Crippen MR) is 114 cm³/mol. The maximum Gasteiger partial charge on any atom is 0.242 e. The number of rotatable bonds is 14. The minimum atomic E-state index is -1.32. The Hall–Kier alpha value is -1.83. The largest absolute Gasteiger partial charge is 0.388 e. The molecule has 0 aromatic rings. The van der Waals surface area contributed by atoms with Gasteiger partial charge in [0.25, 0.3) is 0 Å². The smallest absolute Gasteiger partial charge is 0.242 e. The molecule has 186 valence electrons. The van der Waals surface area contributed by atoms with Crippen molar-refractivity contribution in [3.05, 3.63) is 0 Å². The number of amides is 3. The van der Waals surface area contributed by atoms with Crippen molar-refractivity contribution in [2.75, 3.05) is 13.2 Å². The Morgan fingerprint density at radius 2 is 1.69 bits per heavy atom. The minimum absolute atomic E-state index is 0.0362. The van der Waals surface area contributed by atoms with Gasteiger partial charge in [0.05, 0.1) is 12.1 Å². The van der Waals surface area contributed by atoms with Crippen molar-refractivity contribution in [2.24, 2.45) is 11.5 Å². The van der Waals surface area contributed by atoms with Crippen LogP contribution in [0.15, 0.2) is 0 Å². The highest BCUT2D eigenvalue weighted by Gasteiger charge is 2.42. The molecule has 1 fully saturated rings. The molecule has 0 aromatic carbocycles. The molecule has 12 nitrogen and oxygen atoms in total. The number of aliphatic hydroxyl groups is 3. The van der Waals surface area contributed by atoms with E-state index in [1.807, 2.05) is 0 Å². The molecule has 7 atom stereocenters. The van der Waals surface area contributed by atoms with Crippen molar-refractivity contribution in [2.45, 2.75) is 95.2 Å². The number of nitrogens with two attached hydrogens (primary N) is 2. The van der Waals surface area contributed by atoms with Gasteiger partial charge in [-0.15, -0.1) is 0 Å². The predicted octanol–water partition coefficient (Wildman–Crippen LogP) is -2.40. The highest BCUT2D eigenvalue weighted by Crippen LogP contribution is 2.22. The van der Waals surface area contributed by atoms with Gasteiger partial charge in [-0.25, -0.2) is 0 Å². The zero-order chi connectivity index (χ0) is 24.3. The van der Waals surface area contributed by atoms with Crippen LogP contribution in [0, 0.1) is 0 Å². The van der Waals surface area contributed by atoms with E-state index >= 15 is 0 Å². The summed E-state index contributed by atoms with van der Waals surface area (Å²) in [7, 11) is 0. The van der Waals surface area contributed by atoms with Crippen molar-refractivity contribution in [1.82, 2.24) is 10.6 Å². The number of aliphatic hydroxyl groups excluding tert-OH is 3. The van der Waals surface area contributed by atoms with E-state index in [-0.39, 0.29) is 12.8 Å². The first-order valence-electron chi connectivity index (χ1n) is 11.0. The summed E-state index contributed by atoms with van der Waals surface area (Å²) in [6.45, 7) is 3.79. The van der Waals surface area contributed by atoms with Crippen molar-refractivity contribution in [3.8, 4) is 0 Å². The Bertz CT molecular complexity index is 606. The maximum absolute atomic E-state index is 12.3. The standard InChI is InChI=1S/C20H38N4O8/c1-11(21)18(29)24-13(7-8-14(22)25)19(30)23-9-5-3-4-6-10-31-20-17(28)16(27)15(26)12(2)32-20/h11-13,15-17,20,26-28H,3-10,21H2,1-2H3,(H2,22,25)(H,23,30)(H,24,29)/t11-,12-,13+,15+,16+,17-,20-/m0/s1. The van der Waals surface area contributed by atoms with Crippen LogP contribution in [0.4, 0.5) is 0 Å². The summed E-state index contributed by atoms with van der Waals surface area (Å²) in [5, 5.41) is 34.6. The number of primary amides is 1. The van der Waals surface area contributed by atoms with E-state index in [4.69, 9.17) is 20.9 Å². The number of ether oxygens (including phenoxy) is 2. The molecule has 9 N–H and O–H groups in total. The van der Waals surface area contributed by atoms with Gasteiger partial charge in [-0.05, 0) is 33.1 Å². The van der Waals surface area contributed by atoms with E-state index < -0.39 is 60.5 Å². The van der Waals surface area contributed by atoms with E-state index in [2.05, 4.69) is 10.6 Å². The van der Waals surface area contributed by atoms with Gasteiger partial charge in [0.1, 0.15) is 24.4 Å². The Morgan fingerprint density at radius 1 is 1.03 bits per heavy atom. The molecule has 1 heterocycles. The Morgan fingerprint density at radius 3 is 2.31 bits per heavy atom. The summed E-state index contributed by atoms with van der Waals surface area (Å²) in [5.74, 6) is -1.45. The van der Waals surface area contributed by atoms with Crippen LogP contribution in [-0.4, -0.2) is 89.0 Å². The topological polar surface area (TPSA) is 206 Å². The maximum atomic E-state index is 12.3. The number of carbonyl (C=O) groups is 3. The van der Waals surface area contributed by atoms with Crippen LogP contribution >= 0.6 is 0 Å². The van der Waals surface area contributed by atoms with Crippen LogP contribution in [0.25, 0.3) is 0 Å². The van der Waals surface area contributed by atoms with Crippen LogP contribution in [0.5, 0.6) is 0 Å². The van der Waals surface area contributed by atoms with Gasteiger partial charge in [-0.1, -0.05) is 12.8 Å². The van der Waals surface area contributed by atoms with Gasteiger partial charge in [0.2, 0.25) is 17.7 Å². The number of carbonyl (C=O) groups excluding carboxylic acids is 3. The van der Waals surface area contributed by atoms with E-state index in [1.165, 1.54) is 6.92 Å². The molecule has 1 saturated heterocycles. The van der Waals surface area contributed by atoms with Crippen LogP contribution in [0.2, 0.25) is 0 Å². The van der Waals surface area contributed by atoms with Crippen LogP contribution < -0.4 is 22.1 Å². The molecule has 0 unspecified atom stereocenters. The first-order chi connectivity index (χ1) is 15.0. The summed E-state index contributed by atoms with van der Waals surface area (Å²) in [6, 6.07) is -1.66. The minimum Gasteiger partial charge on any atom is -0.388 e. The summed E-state index contributed by atoms with van der Waals surface area (Å²) in [4.78, 5) is 35.1. The summed E-state index contributed by atoms with van der Waals surface area (Å²) >= 11 is 0. The van der Waals surface area contributed by atoms with Gasteiger partial charge in [-0.2, -0.15) is 0 Å². The van der Waals surface area contributed by atoms with E-state index in [0.717, 1.165) is 12.8 Å². The van der Waals surface area contributed by atoms with Gasteiger partial charge < -0.3 is 46.9 Å². The molecule has 1 aliphatic heterocycles. The molecule has 0 aromatic heterocycles. The molecule has 0 spiro atoms. The molecule has 0 saturated carbocycles. The third kappa shape index (κ3) is 9.76. The molecular weight excluding hydrogens is 424 g/mol. The van der Waals surface area contributed by atoms with E-state index in [9.17, 15) is 29.7 Å². The van der Waals surface area contributed by atoms with Crippen LogP contribution in [-0.2, 0) is 23.9 Å². The SMILES string of the molecule is C[C@H](N)C(=O)N[C@H](CCC(N)=O)C(=O)NCCCCCCO[C@H]1O[C@@H](C)[C@@H](O)[C@@H](O)[C@@H]1O. The lowest BCUT2D eigenvalue weighted by molar-refractivity contribution is -0.293. The quantitative estimate of drug-likeness (QED) is 0.137. The average molecular weight is 463 g/mol. The highest BCUT2D eigenvalue weighted by atomic mass is 16.7. The zero-order valence-electron chi connectivity index (χ0n) is 18.7. The van der Waals surface area contributed by atoms with Gasteiger partial charge in [0.15, 0.2) is 6.29 Å². The monoisotopic (exact) mass is 462 g/mol. The fourth-order valence-corrected chi connectivity index (χ4v) is 3.12. The second-order valence-electron chi connectivity index (χ2n) is 8.11. The Kier molecular flexibility index (Phi) is 12.6. The van der Waals surface area contributed by atoms with Crippen molar-refractivity contribution < 1.29 is 39.2 Å². The normalized spacial score (nSPS) is 27.4. The number of unbranched alkanes of at least 4 members (excludes halogenated alkanes) is 3. The first kappa shape index (κ1) is 28.2. The van der Waals surface area contributed by atoms with Crippen LogP contribution in [0.3, 0.4) is 0 Å². The van der Waals surface area contributed by atoms with Crippen molar-refractivity contribution in [3.63, 3.8) is 0 Å². The molecule has 12 heteroatoms. The number of hydrogen-bond donors (Lipinski definition) is 7. The second kappa shape index (κ2) is 14.3. The molecule has 3 amide bonds. The lowest BCUT2D eigenvalue weighted by Gasteiger charge is -2.38. The lowest BCUT2D eigenvalue weighted by Crippen LogP contribution is -2.57. The number of hydrogen-bond acceptors (Lipinski definition) is 9. The Labute approximate surface area is 188 Å². The summed E-state index contributed by atoms with van der Waals surface area (Å²) < 4.78 is 10.8. The molecule has 0 bridgehead atoms. The molecule has 1 aliphatic rings. The molecule has 32 heavy (non-hydrogen) atoms.